The highest BCUT2D eigenvalue weighted by molar-refractivity contribution is 7.99. The molecule has 0 aliphatic rings. The molecule has 0 aliphatic heterocycles. The molecule has 0 saturated heterocycles. The van der Waals surface area contributed by atoms with Crippen LogP contribution in [0.4, 0.5) is 5.82 Å². The molecule has 0 radical (unpaired) electrons. The van der Waals surface area contributed by atoms with Gasteiger partial charge in [0.2, 0.25) is 0 Å². The van der Waals surface area contributed by atoms with Crippen LogP contribution in [0.2, 0.25) is 0 Å². The molecular formula is C13H21N3O2S. The molecule has 0 aromatic carbocycles. The van der Waals surface area contributed by atoms with Crippen molar-refractivity contribution in [1.82, 2.24) is 9.97 Å². The highest BCUT2D eigenvalue weighted by atomic mass is 32.2. The van der Waals surface area contributed by atoms with E-state index in [1.807, 2.05) is 0 Å². The van der Waals surface area contributed by atoms with E-state index in [-0.39, 0.29) is 11.4 Å². The van der Waals surface area contributed by atoms with Crippen LogP contribution in [0.1, 0.15) is 44.0 Å². The predicted molar refractivity (Wildman–Crippen MR) is 77.2 cm³/mol. The Labute approximate surface area is 118 Å². The number of hydrogen-bond donors (Lipinski definition) is 1. The summed E-state index contributed by atoms with van der Waals surface area (Å²) in [6.45, 7) is 6.40. The summed E-state index contributed by atoms with van der Waals surface area (Å²) in [7, 11) is 0. The summed E-state index contributed by atoms with van der Waals surface area (Å²) < 4.78 is 4.88. The van der Waals surface area contributed by atoms with E-state index < -0.39 is 5.97 Å². The number of esters is 1. The number of anilines is 1. The quantitative estimate of drug-likeness (QED) is 0.471. The third kappa shape index (κ3) is 4.70. The van der Waals surface area contributed by atoms with Gasteiger partial charge in [0.15, 0.2) is 5.16 Å². The fourth-order valence-corrected chi connectivity index (χ4v) is 2.68. The normalized spacial score (nSPS) is 10.7. The van der Waals surface area contributed by atoms with Crippen molar-refractivity contribution >= 4 is 23.5 Å². The van der Waals surface area contributed by atoms with Gasteiger partial charge in [-0.05, 0) is 12.8 Å². The van der Waals surface area contributed by atoms with E-state index in [4.69, 9.17) is 10.5 Å². The number of carbonyl (C=O) groups is 1. The number of hydrogen-bond acceptors (Lipinski definition) is 6. The van der Waals surface area contributed by atoms with Crippen LogP contribution in [-0.2, 0) is 4.74 Å². The third-order valence-corrected chi connectivity index (χ3v) is 3.99. The average molecular weight is 283 g/mol. The third-order valence-electron chi connectivity index (χ3n) is 2.89. The minimum absolute atomic E-state index is 0.181. The summed E-state index contributed by atoms with van der Waals surface area (Å²) in [5, 5.41) is 0.609. The molecule has 0 atom stereocenters. The molecule has 0 bridgehead atoms. The molecule has 106 valence electrons. The van der Waals surface area contributed by atoms with E-state index in [1.165, 1.54) is 6.20 Å². The van der Waals surface area contributed by atoms with Crippen molar-refractivity contribution in [3.63, 3.8) is 0 Å². The predicted octanol–water partition coefficient (Wildman–Crippen LogP) is 2.76. The molecule has 1 rings (SSSR count). The Morgan fingerprint density at radius 1 is 1.42 bits per heavy atom. The Kier molecular flexibility index (Phi) is 6.62. The Bertz CT molecular complexity index is 422. The van der Waals surface area contributed by atoms with Gasteiger partial charge in [-0.1, -0.05) is 38.5 Å². The van der Waals surface area contributed by atoms with Gasteiger partial charge >= 0.3 is 5.97 Å². The number of aromatic nitrogens is 2. The number of nitrogens with zero attached hydrogens (tertiary/aromatic N) is 2. The van der Waals surface area contributed by atoms with Gasteiger partial charge < -0.3 is 10.5 Å². The zero-order chi connectivity index (χ0) is 14.3. The van der Waals surface area contributed by atoms with E-state index in [0.717, 1.165) is 18.6 Å². The van der Waals surface area contributed by atoms with Gasteiger partial charge in [0.1, 0.15) is 11.4 Å². The molecule has 6 heteroatoms. The summed E-state index contributed by atoms with van der Waals surface area (Å²) in [6, 6.07) is 0. The van der Waals surface area contributed by atoms with E-state index in [0.29, 0.717) is 17.7 Å². The number of carbonyl (C=O) groups excluding carboxylic acids is 1. The van der Waals surface area contributed by atoms with Crippen molar-refractivity contribution in [2.45, 2.75) is 38.8 Å². The monoisotopic (exact) mass is 283 g/mol. The largest absolute Gasteiger partial charge is 0.462 e. The minimum Gasteiger partial charge on any atom is -0.462 e. The van der Waals surface area contributed by atoms with Crippen LogP contribution in [0.5, 0.6) is 0 Å². The lowest BCUT2D eigenvalue weighted by Gasteiger charge is -2.11. The van der Waals surface area contributed by atoms with Crippen LogP contribution >= 0.6 is 11.8 Å². The maximum absolute atomic E-state index is 11.5. The molecule has 0 fully saturated rings. The number of nitrogens with two attached hydrogens (primary N) is 1. The van der Waals surface area contributed by atoms with Crippen LogP contribution in [0.3, 0.4) is 0 Å². The molecule has 2 N–H and O–H groups in total. The molecular weight excluding hydrogens is 262 g/mol. The first kappa shape index (κ1) is 15.8. The summed E-state index contributed by atoms with van der Waals surface area (Å²) in [6.07, 6.45) is 3.72. The maximum Gasteiger partial charge on any atom is 0.343 e. The molecule has 0 aliphatic carbocycles. The Morgan fingerprint density at radius 2 is 2.11 bits per heavy atom. The number of rotatable bonds is 7. The molecule has 1 aromatic rings. The van der Waals surface area contributed by atoms with Crippen LogP contribution in [0.15, 0.2) is 11.4 Å². The smallest absolute Gasteiger partial charge is 0.343 e. The van der Waals surface area contributed by atoms with E-state index in [1.54, 1.807) is 18.7 Å². The fraction of sp³-hybridized carbons (Fsp3) is 0.615. The maximum atomic E-state index is 11.5. The number of ether oxygens (including phenoxy) is 1. The first-order valence-corrected chi connectivity index (χ1v) is 7.53. The molecule has 19 heavy (non-hydrogen) atoms. The topological polar surface area (TPSA) is 78.1 Å². The van der Waals surface area contributed by atoms with Gasteiger partial charge in [-0.3, -0.25) is 0 Å². The van der Waals surface area contributed by atoms with Crippen molar-refractivity contribution in [2.75, 3.05) is 18.1 Å². The number of thioether (sulfide) groups is 1. The average Bonchev–Trinajstić information content (AvgIpc) is 2.40. The van der Waals surface area contributed by atoms with Crippen molar-refractivity contribution in [1.29, 1.82) is 0 Å². The Hall–Kier alpha value is -1.30. The molecule has 5 nitrogen and oxygen atoms in total. The van der Waals surface area contributed by atoms with Gasteiger partial charge in [-0.15, -0.1) is 0 Å². The van der Waals surface area contributed by atoms with Gasteiger partial charge in [-0.25, -0.2) is 14.8 Å². The lowest BCUT2D eigenvalue weighted by Crippen LogP contribution is -2.11. The first-order chi connectivity index (χ1) is 9.12. The van der Waals surface area contributed by atoms with Gasteiger partial charge in [0.25, 0.3) is 0 Å². The molecule has 1 heterocycles. The van der Waals surface area contributed by atoms with Crippen LogP contribution in [-0.4, -0.2) is 28.3 Å². The molecule has 0 spiro atoms. The van der Waals surface area contributed by atoms with E-state index >= 15 is 0 Å². The van der Waals surface area contributed by atoms with Crippen LogP contribution < -0.4 is 5.73 Å². The molecule has 0 amide bonds. The highest BCUT2D eigenvalue weighted by Crippen LogP contribution is 2.22. The summed E-state index contributed by atoms with van der Waals surface area (Å²) in [4.78, 5) is 19.8. The minimum atomic E-state index is -0.475. The highest BCUT2D eigenvalue weighted by Gasteiger charge is 2.14. The lowest BCUT2D eigenvalue weighted by molar-refractivity contribution is 0.0526. The summed E-state index contributed by atoms with van der Waals surface area (Å²) in [5.74, 6) is 1.32. The molecule has 0 unspecified atom stereocenters. The second kappa shape index (κ2) is 7.99. The van der Waals surface area contributed by atoms with E-state index in [2.05, 4.69) is 23.8 Å². The van der Waals surface area contributed by atoms with Gasteiger partial charge in [-0.2, -0.15) is 0 Å². The van der Waals surface area contributed by atoms with Crippen molar-refractivity contribution in [3.8, 4) is 0 Å². The van der Waals surface area contributed by atoms with Crippen LogP contribution in [0, 0.1) is 5.92 Å². The zero-order valence-electron chi connectivity index (χ0n) is 11.7. The molecule has 0 saturated carbocycles. The fourth-order valence-electron chi connectivity index (χ4n) is 1.53. The standard InChI is InChI=1S/C13H21N3O2S/c1-4-9(5-2)8-19-13-15-7-10(11(14)16-13)12(17)18-6-3/h7,9H,4-6,8H2,1-3H3,(H2,14,15,16). The van der Waals surface area contributed by atoms with Gasteiger partial charge in [0, 0.05) is 11.9 Å². The Balaban J connectivity index is 2.68. The summed E-state index contributed by atoms with van der Waals surface area (Å²) >= 11 is 1.57. The lowest BCUT2D eigenvalue weighted by atomic mass is 10.1. The van der Waals surface area contributed by atoms with Crippen molar-refractivity contribution < 1.29 is 9.53 Å². The van der Waals surface area contributed by atoms with Crippen LogP contribution in [0.25, 0.3) is 0 Å². The first-order valence-electron chi connectivity index (χ1n) is 6.54. The molecule has 1 aromatic heterocycles. The second-order valence-corrected chi connectivity index (χ2v) is 5.15. The zero-order valence-corrected chi connectivity index (χ0v) is 12.5. The van der Waals surface area contributed by atoms with Crippen molar-refractivity contribution in [3.05, 3.63) is 11.8 Å². The van der Waals surface area contributed by atoms with Crippen molar-refractivity contribution in [2.24, 2.45) is 5.92 Å². The Morgan fingerprint density at radius 3 is 2.63 bits per heavy atom. The van der Waals surface area contributed by atoms with Gasteiger partial charge in [0.05, 0.1) is 6.61 Å². The van der Waals surface area contributed by atoms with E-state index in [9.17, 15) is 4.79 Å². The second-order valence-electron chi connectivity index (χ2n) is 4.17. The number of nitrogen functional groups attached to an aromatic ring is 1. The SMILES string of the molecule is CCOC(=O)c1cnc(SCC(CC)CC)nc1N. The summed E-state index contributed by atoms with van der Waals surface area (Å²) in [5.41, 5.74) is 5.99.